The lowest BCUT2D eigenvalue weighted by atomic mass is 10.1. The molecule has 3 nitrogen and oxygen atoms in total. The molecule has 1 heterocycles. The summed E-state index contributed by atoms with van der Waals surface area (Å²) in [5.41, 5.74) is 0.825. The van der Waals surface area contributed by atoms with E-state index in [1.165, 1.54) is 12.8 Å². The Morgan fingerprint density at radius 3 is 3.05 bits per heavy atom. The highest BCUT2D eigenvalue weighted by molar-refractivity contribution is 9.10. The van der Waals surface area contributed by atoms with Gasteiger partial charge < -0.3 is 14.6 Å². The molecule has 0 spiro atoms. The SMILES string of the molecule is C[C@H](O)c1cc(Br)ccc1OCCCC1CCCO1. The average molecular weight is 329 g/mol. The van der Waals surface area contributed by atoms with E-state index in [1.54, 1.807) is 6.92 Å². The Kier molecular flexibility index (Phi) is 5.67. The summed E-state index contributed by atoms with van der Waals surface area (Å²) in [5, 5.41) is 9.74. The summed E-state index contributed by atoms with van der Waals surface area (Å²) >= 11 is 3.41. The standard InChI is InChI=1S/C15H21BrO3/c1-11(17)14-10-12(16)6-7-15(14)19-9-3-5-13-4-2-8-18-13/h6-7,10-11,13,17H,2-5,8-9H2,1H3/t11-,13?/m0/s1. The van der Waals surface area contributed by atoms with E-state index < -0.39 is 6.10 Å². The zero-order valence-corrected chi connectivity index (χ0v) is 12.9. The van der Waals surface area contributed by atoms with Crippen molar-refractivity contribution in [1.82, 2.24) is 0 Å². The van der Waals surface area contributed by atoms with E-state index in [9.17, 15) is 5.11 Å². The maximum atomic E-state index is 9.74. The van der Waals surface area contributed by atoms with Crippen LogP contribution in [0.4, 0.5) is 0 Å². The topological polar surface area (TPSA) is 38.7 Å². The van der Waals surface area contributed by atoms with Crippen LogP contribution in [0.2, 0.25) is 0 Å². The molecule has 0 radical (unpaired) electrons. The number of ether oxygens (including phenoxy) is 2. The normalized spacial score (nSPS) is 20.5. The Hall–Kier alpha value is -0.580. The molecule has 1 N–H and O–H groups in total. The highest BCUT2D eigenvalue weighted by atomic mass is 79.9. The number of aliphatic hydroxyl groups is 1. The fourth-order valence-corrected chi connectivity index (χ4v) is 2.72. The van der Waals surface area contributed by atoms with Crippen molar-refractivity contribution < 1.29 is 14.6 Å². The highest BCUT2D eigenvalue weighted by Crippen LogP contribution is 2.28. The van der Waals surface area contributed by atoms with Gasteiger partial charge in [0.25, 0.3) is 0 Å². The van der Waals surface area contributed by atoms with Gasteiger partial charge in [0, 0.05) is 16.6 Å². The van der Waals surface area contributed by atoms with Crippen molar-refractivity contribution in [2.75, 3.05) is 13.2 Å². The number of hydrogen-bond donors (Lipinski definition) is 1. The quantitative estimate of drug-likeness (QED) is 0.806. The van der Waals surface area contributed by atoms with E-state index in [0.29, 0.717) is 12.7 Å². The molecule has 2 rings (SSSR count). The lowest BCUT2D eigenvalue weighted by Crippen LogP contribution is -2.08. The Balaban J connectivity index is 1.81. The van der Waals surface area contributed by atoms with Crippen molar-refractivity contribution in [3.8, 4) is 5.75 Å². The van der Waals surface area contributed by atoms with Crippen molar-refractivity contribution >= 4 is 15.9 Å². The maximum Gasteiger partial charge on any atom is 0.125 e. The maximum absolute atomic E-state index is 9.74. The third-order valence-electron chi connectivity index (χ3n) is 3.37. The minimum absolute atomic E-state index is 0.421. The van der Waals surface area contributed by atoms with Gasteiger partial charge in [-0.2, -0.15) is 0 Å². The highest BCUT2D eigenvalue weighted by Gasteiger charge is 2.15. The molecule has 1 fully saturated rings. The van der Waals surface area contributed by atoms with E-state index in [-0.39, 0.29) is 0 Å². The van der Waals surface area contributed by atoms with Crippen molar-refractivity contribution in [3.63, 3.8) is 0 Å². The van der Waals surface area contributed by atoms with Gasteiger partial charge in [0.05, 0.1) is 18.8 Å². The Morgan fingerprint density at radius 1 is 1.53 bits per heavy atom. The van der Waals surface area contributed by atoms with Crippen LogP contribution >= 0.6 is 15.9 Å². The van der Waals surface area contributed by atoms with Gasteiger partial charge in [-0.25, -0.2) is 0 Å². The molecular formula is C15H21BrO3. The number of rotatable bonds is 6. The molecule has 1 aromatic rings. The van der Waals surface area contributed by atoms with Crippen LogP contribution in [0, 0.1) is 0 Å². The first-order chi connectivity index (χ1) is 9.16. The Labute approximate surface area is 123 Å². The fraction of sp³-hybridized carbons (Fsp3) is 0.600. The summed E-state index contributed by atoms with van der Waals surface area (Å²) in [6.07, 6.45) is 4.30. The number of hydrogen-bond acceptors (Lipinski definition) is 3. The van der Waals surface area contributed by atoms with Crippen LogP contribution in [0.25, 0.3) is 0 Å². The lowest BCUT2D eigenvalue weighted by molar-refractivity contribution is 0.0978. The molecule has 106 valence electrons. The molecule has 0 aromatic heterocycles. The molecule has 0 bridgehead atoms. The average Bonchev–Trinajstić information content (AvgIpc) is 2.89. The molecule has 0 saturated carbocycles. The predicted octanol–water partition coefficient (Wildman–Crippen LogP) is 3.84. The molecule has 1 unspecified atom stereocenters. The van der Waals surface area contributed by atoms with Gasteiger partial charge in [-0.1, -0.05) is 15.9 Å². The third kappa shape index (κ3) is 4.48. The molecule has 4 heteroatoms. The van der Waals surface area contributed by atoms with Crippen LogP contribution < -0.4 is 4.74 Å². The lowest BCUT2D eigenvalue weighted by Gasteiger charge is -2.14. The molecule has 1 aliphatic heterocycles. The van der Waals surface area contributed by atoms with Crippen LogP contribution in [0.15, 0.2) is 22.7 Å². The molecule has 1 aliphatic rings. The first-order valence-corrected chi connectivity index (χ1v) is 7.68. The van der Waals surface area contributed by atoms with Gasteiger partial charge in [-0.05, 0) is 50.8 Å². The van der Waals surface area contributed by atoms with E-state index >= 15 is 0 Å². The van der Waals surface area contributed by atoms with Crippen molar-refractivity contribution in [2.45, 2.75) is 44.8 Å². The largest absolute Gasteiger partial charge is 0.493 e. The van der Waals surface area contributed by atoms with E-state index in [0.717, 1.165) is 35.2 Å². The molecule has 0 amide bonds. The van der Waals surface area contributed by atoms with Crippen molar-refractivity contribution in [1.29, 1.82) is 0 Å². The van der Waals surface area contributed by atoms with Crippen LogP contribution in [0.5, 0.6) is 5.75 Å². The van der Waals surface area contributed by atoms with E-state index in [4.69, 9.17) is 9.47 Å². The molecule has 0 aliphatic carbocycles. The van der Waals surface area contributed by atoms with Crippen LogP contribution in [0.3, 0.4) is 0 Å². The van der Waals surface area contributed by atoms with Gasteiger partial charge in [-0.3, -0.25) is 0 Å². The predicted molar refractivity (Wildman–Crippen MR) is 78.5 cm³/mol. The molecule has 2 atom stereocenters. The smallest absolute Gasteiger partial charge is 0.125 e. The molecular weight excluding hydrogens is 308 g/mol. The molecule has 1 saturated heterocycles. The number of aliphatic hydroxyl groups excluding tert-OH is 1. The molecule has 19 heavy (non-hydrogen) atoms. The fourth-order valence-electron chi connectivity index (χ4n) is 2.34. The summed E-state index contributed by atoms with van der Waals surface area (Å²) in [5.74, 6) is 0.769. The first kappa shape index (κ1) is 14.8. The zero-order chi connectivity index (χ0) is 13.7. The van der Waals surface area contributed by atoms with Crippen LogP contribution in [-0.2, 0) is 4.74 Å². The summed E-state index contributed by atoms with van der Waals surface area (Å²) in [6.45, 7) is 3.33. The van der Waals surface area contributed by atoms with Gasteiger partial charge in [-0.15, -0.1) is 0 Å². The summed E-state index contributed by atoms with van der Waals surface area (Å²) in [4.78, 5) is 0. The van der Waals surface area contributed by atoms with Crippen LogP contribution in [0.1, 0.15) is 44.3 Å². The van der Waals surface area contributed by atoms with E-state index in [2.05, 4.69) is 15.9 Å². The second-order valence-corrected chi connectivity index (χ2v) is 5.90. The minimum atomic E-state index is -0.523. The second-order valence-electron chi connectivity index (χ2n) is 4.98. The van der Waals surface area contributed by atoms with Gasteiger partial charge >= 0.3 is 0 Å². The Morgan fingerprint density at radius 2 is 2.37 bits per heavy atom. The number of benzene rings is 1. The summed E-state index contributed by atoms with van der Waals surface area (Å²) in [7, 11) is 0. The van der Waals surface area contributed by atoms with Crippen molar-refractivity contribution in [2.24, 2.45) is 0 Å². The van der Waals surface area contributed by atoms with Gasteiger partial charge in [0.15, 0.2) is 0 Å². The monoisotopic (exact) mass is 328 g/mol. The second kappa shape index (κ2) is 7.27. The Bertz CT molecular complexity index is 400. The van der Waals surface area contributed by atoms with Gasteiger partial charge in [0.2, 0.25) is 0 Å². The van der Waals surface area contributed by atoms with Crippen molar-refractivity contribution in [3.05, 3.63) is 28.2 Å². The molecule has 1 aromatic carbocycles. The minimum Gasteiger partial charge on any atom is -0.493 e. The zero-order valence-electron chi connectivity index (χ0n) is 11.3. The van der Waals surface area contributed by atoms with Gasteiger partial charge in [0.1, 0.15) is 5.75 Å². The summed E-state index contributed by atoms with van der Waals surface area (Å²) in [6, 6.07) is 5.74. The number of halogens is 1. The van der Waals surface area contributed by atoms with E-state index in [1.807, 2.05) is 18.2 Å². The third-order valence-corrected chi connectivity index (χ3v) is 3.87. The summed E-state index contributed by atoms with van der Waals surface area (Å²) < 4.78 is 12.3. The van der Waals surface area contributed by atoms with Crippen LogP contribution in [-0.4, -0.2) is 24.4 Å². The first-order valence-electron chi connectivity index (χ1n) is 6.88.